The zero-order chi connectivity index (χ0) is 26.0. The lowest BCUT2D eigenvalue weighted by Crippen LogP contribution is -2.45. The van der Waals surface area contributed by atoms with Gasteiger partial charge in [0, 0.05) is 23.7 Å². The number of hydrogen-bond acceptors (Lipinski definition) is 4. The summed E-state index contributed by atoms with van der Waals surface area (Å²) in [6.45, 7) is 0. The Morgan fingerprint density at radius 3 is 2.19 bits per heavy atom. The standard InChI is InChI=1S/C28H28FN3O4S/c29-22-8-6-20(7-9-22)27(33)31-26(16-18-4-2-1-3-5-18)28(34)30-23-10-12-24(13-11-23)37(35,36)32-25-17-19-14-21(25)15-19/h1-13,19,21,25-26,32H,14-17H2,(H,30,34)(H,31,33)/t19?,21?,25?,26-/m0/s1. The first kappa shape index (κ1) is 25.1. The molecule has 3 fully saturated rings. The second kappa shape index (κ2) is 10.4. The average Bonchev–Trinajstić information content (AvgIpc) is 3.44. The number of anilines is 1. The van der Waals surface area contributed by atoms with Crippen molar-refractivity contribution in [2.24, 2.45) is 11.8 Å². The number of benzene rings is 3. The fourth-order valence-corrected chi connectivity index (χ4v) is 6.44. The van der Waals surface area contributed by atoms with Crippen LogP contribution in [0.3, 0.4) is 0 Å². The second-order valence-corrected chi connectivity index (χ2v) is 11.5. The maximum atomic E-state index is 13.3. The van der Waals surface area contributed by atoms with E-state index in [1.807, 2.05) is 30.3 Å². The van der Waals surface area contributed by atoms with Crippen molar-refractivity contribution in [3.63, 3.8) is 0 Å². The van der Waals surface area contributed by atoms with Gasteiger partial charge in [0.1, 0.15) is 11.9 Å². The topological polar surface area (TPSA) is 104 Å². The smallest absolute Gasteiger partial charge is 0.251 e. The van der Waals surface area contributed by atoms with Crippen LogP contribution in [-0.4, -0.2) is 32.3 Å². The van der Waals surface area contributed by atoms with Gasteiger partial charge in [-0.25, -0.2) is 17.5 Å². The molecule has 0 radical (unpaired) electrons. The summed E-state index contributed by atoms with van der Waals surface area (Å²) < 4.78 is 41.7. The molecule has 3 aliphatic rings. The number of fused-ring (bicyclic) bond motifs is 1. The molecular formula is C28H28FN3O4S. The first-order valence-corrected chi connectivity index (χ1v) is 13.8. The summed E-state index contributed by atoms with van der Waals surface area (Å²) in [6.07, 6.45) is 3.32. The van der Waals surface area contributed by atoms with Crippen molar-refractivity contribution in [1.29, 1.82) is 0 Å². The number of carbonyl (C=O) groups is 2. The van der Waals surface area contributed by atoms with Gasteiger partial charge in [0.25, 0.3) is 5.91 Å². The van der Waals surface area contributed by atoms with Crippen LogP contribution in [0.5, 0.6) is 0 Å². The van der Waals surface area contributed by atoms with E-state index in [2.05, 4.69) is 15.4 Å². The lowest BCUT2D eigenvalue weighted by atomic mass is 9.84. The highest BCUT2D eigenvalue weighted by atomic mass is 32.2. The molecule has 2 amide bonds. The molecule has 37 heavy (non-hydrogen) atoms. The summed E-state index contributed by atoms with van der Waals surface area (Å²) in [7, 11) is -3.65. The highest BCUT2D eigenvalue weighted by Crippen LogP contribution is 2.48. The van der Waals surface area contributed by atoms with Gasteiger partial charge in [-0.1, -0.05) is 30.3 Å². The van der Waals surface area contributed by atoms with Crippen molar-refractivity contribution in [2.75, 3.05) is 5.32 Å². The molecule has 2 bridgehead atoms. The zero-order valence-electron chi connectivity index (χ0n) is 20.1. The van der Waals surface area contributed by atoms with Crippen molar-refractivity contribution in [3.8, 4) is 0 Å². The maximum Gasteiger partial charge on any atom is 0.251 e. The van der Waals surface area contributed by atoms with E-state index in [1.165, 1.54) is 48.5 Å². The summed E-state index contributed by atoms with van der Waals surface area (Å²) in [5.74, 6) is -0.351. The van der Waals surface area contributed by atoms with E-state index < -0.39 is 33.7 Å². The van der Waals surface area contributed by atoms with Gasteiger partial charge in [-0.05, 0) is 85.2 Å². The normalized spacial score (nSPS) is 21.1. The lowest BCUT2D eigenvalue weighted by molar-refractivity contribution is -0.118. The van der Waals surface area contributed by atoms with Crippen molar-refractivity contribution in [2.45, 2.75) is 42.7 Å². The first-order chi connectivity index (χ1) is 17.8. The zero-order valence-corrected chi connectivity index (χ0v) is 20.9. The summed E-state index contributed by atoms with van der Waals surface area (Å²) in [4.78, 5) is 26.1. The van der Waals surface area contributed by atoms with E-state index in [1.54, 1.807) is 0 Å². The Kier molecular flexibility index (Phi) is 7.08. The molecule has 3 aromatic rings. The average molecular weight is 522 g/mol. The van der Waals surface area contributed by atoms with Gasteiger partial charge in [0.2, 0.25) is 15.9 Å². The van der Waals surface area contributed by atoms with Gasteiger partial charge < -0.3 is 10.6 Å². The fourth-order valence-electron chi connectivity index (χ4n) is 5.12. The quantitative estimate of drug-likeness (QED) is 0.398. The van der Waals surface area contributed by atoms with Gasteiger partial charge in [-0.15, -0.1) is 0 Å². The number of sulfonamides is 1. The lowest BCUT2D eigenvalue weighted by Gasteiger charge is -2.24. The Labute approximate surface area is 215 Å². The molecule has 0 aromatic heterocycles. The van der Waals surface area contributed by atoms with E-state index in [-0.39, 0.29) is 22.9 Å². The minimum Gasteiger partial charge on any atom is -0.340 e. The number of nitrogens with one attached hydrogen (secondary N) is 3. The number of carbonyl (C=O) groups excluding carboxylic acids is 2. The van der Waals surface area contributed by atoms with Crippen LogP contribution in [0, 0.1) is 17.7 Å². The summed E-state index contributed by atoms with van der Waals surface area (Å²) in [5.41, 5.74) is 1.48. The SMILES string of the molecule is O=C(N[C@@H](Cc1ccccc1)C(=O)Nc1ccc(S(=O)(=O)NC2CC3CC2C3)cc1)c1ccc(F)cc1. The second-order valence-electron chi connectivity index (χ2n) is 9.80. The van der Waals surface area contributed by atoms with E-state index in [0.29, 0.717) is 17.5 Å². The van der Waals surface area contributed by atoms with Gasteiger partial charge in [-0.3, -0.25) is 9.59 Å². The molecule has 0 spiro atoms. The molecule has 0 saturated heterocycles. The summed E-state index contributed by atoms with van der Waals surface area (Å²) >= 11 is 0. The highest BCUT2D eigenvalue weighted by Gasteiger charge is 2.45. The molecule has 9 heteroatoms. The summed E-state index contributed by atoms with van der Waals surface area (Å²) in [5, 5.41) is 5.49. The minimum absolute atomic E-state index is 0.00200. The van der Waals surface area contributed by atoms with Crippen LogP contribution in [-0.2, 0) is 21.2 Å². The Morgan fingerprint density at radius 1 is 0.892 bits per heavy atom. The van der Waals surface area contributed by atoms with E-state index in [4.69, 9.17) is 0 Å². The van der Waals surface area contributed by atoms with Gasteiger partial charge >= 0.3 is 0 Å². The molecule has 3 N–H and O–H groups in total. The van der Waals surface area contributed by atoms with Crippen molar-refractivity contribution in [3.05, 3.63) is 95.8 Å². The molecule has 6 rings (SSSR count). The van der Waals surface area contributed by atoms with Gasteiger partial charge in [-0.2, -0.15) is 0 Å². The Morgan fingerprint density at radius 2 is 1.57 bits per heavy atom. The first-order valence-electron chi connectivity index (χ1n) is 12.3. The number of amides is 2. The van der Waals surface area contributed by atoms with Crippen LogP contribution in [0.4, 0.5) is 10.1 Å². The Hall–Kier alpha value is -3.56. The molecule has 3 aliphatic carbocycles. The highest BCUT2D eigenvalue weighted by molar-refractivity contribution is 7.89. The third-order valence-electron chi connectivity index (χ3n) is 7.18. The summed E-state index contributed by atoms with van der Waals surface area (Å²) in [6, 6.07) is 19.4. The maximum absolute atomic E-state index is 13.3. The molecular weight excluding hydrogens is 493 g/mol. The van der Waals surface area contributed by atoms with Crippen LogP contribution in [0.1, 0.15) is 35.2 Å². The monoisotopic (exact) mass is 521 g/mol. The number of halogens is 1. The third kappa shape index (κ3) is 5.89. The molecule has 192 valence electrons. The molecule has 3 aromatic carbocycles. The van der Waals surface area contributed by atoms with Crippen molar-refractivity contribution < 1.29 is 22.4 Å². The van der Waals surface area contributed by atoms with Crippen LogP contribution < -0.4 is 15.4 Å². The van der Waals surface area contributed by atoms with Gasteiger partial charge in [0.15, 0.2) is 0 Å². The molecule has 0 heterocycles. The molecule has 3 saturated carbocycles. The largest absolute Gasteiger partial charge is 0.340 e. The Bertz CT molecular complexity index is 1370. The molecule has 1 unspecified atom stereocenters. The van der Waals surface area contributed by atoms with Crippen molar-refractivity contribution >= 4 is 27.5 Å². The molecule has 0 aliphatic heterocycles. The van der Waals surface area contributed by atoms with Crippen LogP contribution in [0.25, 0.3) is 0 Å². The van der Waals surface area contributed by atoms with Crippen molar-refractivity contribution in [1.82, 2.24) is 10.0 Å². The third-order valence-corrected chi connectivity index (χ3v) is 8.68. The van der Waals surface area contributed by atoms with E-state index >= 15 is 0 Å². The van der Waals surface area contributed by atoms with Crippen LogP contribution in [0.2, 0.25) is 0 Å². The molecule has 7 nitrogen and oxygen atoms in total. The number of rotatable bonds is 9. The Balaban J connectivity index is 1.27. The van der Waals surface area contributed by atoms with Crippen LogP contribution >= 0.6 is 0 Å². The predicted octanol–water partition coefficient (Wildman–Crippen LogP) is 3.88. The minimum atomic E-state index is -3.65. The van der Waals surface area contributed by atoms with E-state index in [9.17, 15) is 22.4 Å². The van der Waals surface area contributed by atoms with Gasteiger partial charge in [0.05, 0.1) is 4.90 Å². The predicted molar refractivity (Wildman–Crippen MR) is 138 cm³/mol. The number of hydrogen-bond donors (Lipinski definition) is 3. The van der Waals surface area contributed by atoms with Crippen LogP contribution in [0.15, 0.2) is 83.8 Å². The molecule has 2 atom stereocenters. The fraction of sp³-hybridized carbons (Fsp3) is 0.286. The van der Waals surface area contributed by atoms with E-state index in [0.717, 1.165) is 24.8 Å².